The zero-order valence-corrected chi connectivity index (χ0v) is 10.9. The second-order valence-electron chi connectivity index (χ2n) is 4.01. The molecule has 3 heteroatoms. The quantitative estimate of drug-likeness (QED) is 0.737. The van der Waals surface area contributed by atoms with Crippen LogP contribution < -0.4 is 14.8 Å². The predicted molar refractivity (Wildman–Crippen MR) is 70.7 cm³/mol. The van der Waals surface area contributed by atoms with E-state index in [1.165, 1.54) is 5.56 Å². The van der Waals surface area contributed by atoms with Gasteiger partial charge in [-0.3, -0.25) is 0 Å². The number of rotatable bonds is 7. The summed E-state index contributed by atoms with van der Waals surface area (Å²) >= 11 is 0. The molecule has 0 amide bonds. The van der Waals surface area contributed by atoms with E-state index in [1.807, 2.05) is 25.1 Å². The molecule has 0 bridgehead atoms. The van der Waals surface area contributed by atoms with Crippen LogP contribution in [0.15, 0.2) is 30.4 Å². The molecule has 0 heterocycles. The van der Waals surface area contributed by atoms with Crippen LogP contribution in [0.2, 0.25) is 0 Å². The van der Waals surface area contributed by atoms with E-state index in [9.17, 15) is 0 Å². The topological polar surface area (TPSA) is 30.5 Å². The lowest BCUT2D eigenvalue weighted by Crippen LogP contribution is -2.12. The first-order chi connectivity index (χ1) is 8.17. The average molecular weight is 235 g/mol. The standard InChI is InChI=1S/C14H21NO2/c1-5-15-9-12-6-7-13(16-4)14(8-12)17-10-11(2)3/h6-8,15H,2,5,9-10H2,1,3-4H3. The molecule has 1 aromatic rings. The Bertz CT molecular complexity index is 374. The molecule has 0 fully saturated rings. The molecule has 0 aromatic heterocycles. The first kappa shape index (κ1) is 13.6. The maximum absolute atomic E-state index is 5.66. The third-order valence-electron chi connectivity index (χ3n) is 2.28. The van der Waals surface area contributed by atoms with Crippen LogP contribution >= 0.6 is 0 Å². The summed E-state index contributed by atoms with van der Waals surface area (Å²) < 4.78 is 10.9. The van der Waals surface area contributed by atoms with Gasteiger partial charge in [-0.25, -0.2) is 0 Å². The first-order valence-electron chi connectivity index (χ1n) is 5.82. The van der Waals surface area contributed by atoms with Gasteiger partial charge >= 0.3 is 0 Å². The summed E-state index contributed by atoms with van der Waals surface area (Å²) in [5, 5.41) is 3.28. The van der Waals surface area contributed by atoms with Gasteiger partial charge in [0.2, 0.25) is 0 Å². The smallest absolute Gasteiger partial charge is 0.161 e. The fourth-order valence-corrected chi connectivity index (χ4v) is 1.41. The van der Waals surface area contributed by atoms with E-state index in [1.54, 1.807) is 7.11 Å². The number of nitrogens with one attached hydrogen (secondary N) is 1. The van der Waals surface area contributed by atoms with Gasteiger partial charge in [-0.05, 0) is 36.7 Å². The second-order valence-corrected chi connectivity index (χ2v) is 4.01. The zero-order valence-electron chi connectivity index (χ0n) is 10.9. The van der Waals surface area contributed by atoms with E-state index < -0.39 is 0 Å². The molecule has 0 aliphatic heterocycles. The Kier molecular flexibility index (Phi) is 5.57. The minimum atomic E-state index is 0.515. The molecule has 0 aliphatic carbocycles. The lowest BCUT2D eigenvalue weighted by atomic mass is 10.2. The summed E-state index contributed by atoms with van der Waals surface area (Å²) in [6, 6.07) is 5.97. The summed E-state index contributed by atoms with van der Waals surface area (Å²) in [4.78, 5) is 0. The van der Waals surface area contributed by atoms with Crippen LogP contribution in [0.25, 0.3) is 0 Å². The molecular weight excluding hydrogens is 214 g/mol. The van der Waals surface area contributed by atoms with Crippen LogP contribution in [-0.2, 0) is 6.54 Å². The Morgan fingerprint density at radius 2 is 2.12 bits per heavy atom. The normalized spacial score (nSPS) is 10.1. The van der Waals surface area contributed by atoms with Crippen molar-refractivity contribution in [2.24, 2.45) is 0 Å². The number of methoxy groups -OCH3 is 1. The highest BCUT2D eigenvalue weighted by atomic mass is 16.5. The van der Waals surface area contributed by atoms with Gasteiger partial charge in [0.1, 0.15) is 6.61 Å². The van der Waals surface area contributed by atoms with Crippen molar-refractivity contribution in [3.8, 4) is 11.5 Å². The molecule has 0 atom stereocenters. The zero-order chi connectivity index (χ0) is 12.7. The van der Waals surface area contributed by atoms with Crippen molar-refractivity contribution in [2.45, 2.75) is 20.4 Å². The molecule has 0 saturated carbocycles. The van der Waals surface area contributed by atoms with Crippen LogP contribution in [0.3, 0.4) is 0 Å². The highest BCUT2D eigenvalue weighted by molar-refractivity contribution is 5.43. The van der Waals surface area contributed by atoms with Gasteiger partial charge < -0.3 is 14.8 Å². The molecule has 0 spiro atoms. The second kappa shape index (κ2) is 6.97. The van der Waals surface area contributed by atoms with E-state index in [4.69, 9.17) is 9.47 Å². The molecule has 1 aromatic carbocycles. The molecule has 0 aliphatic rings. The molecule has 1 N–H and O–H groups in total. The lowest BCUT2D eigenvalue weighted by molar-refractivity contribution is 0.319. The van der Waals surface area contributed by atoms with Crippen molar-refractivity contribution in [3.05, 3.63) is 35.9 Å². The maximum atomic E-state index is 5.66. The number of benzene rings is 1. The van der Waals surface area contributed by atoms with E-state index in [-0.39, 0.29) is 0 Å². The van der Waals surface area contributed by atoms with Crippen molar-refractivity contribution in [1.29, 1.82) is 0 Å². The minimum absolute atomic E-state index is 0.515. The molecule has 1 rings (SSSR count). The molecule has 94 valence electrons. The van der Waals surface area contributed by atoms with Crippen molar-refractivity contribution in [3.63, 3.8) is 0 Å². The summed E-state index contributed by atoms with van der Waals surface area (Å²) in [6.45, 7) is 10.1. The Morgan fingerprint density at radius 3 is 2.71 bits per heavy atom. The Hall–Kier alpha value is -1.48. The van der Waals surface area contributed by atoms with Crippen LogP contribution in [0, 0.1) is 0 Å². The van der Waals surface area contributed by atoms with Crippen LogP contribution in [0.4, 0.5) is 0 Å². The summed E-state index contributed by atoms with van der Waals surface area (Å²) in [5.74, 6) is 1.53. The van der Waals surface area contributed by atoms with E-state index in [2.05, 4.69) is 18.8 Å². The van der Waals surface area contributed by atoms with Gasteiger partial charge in [-0.2, -0.15) is 0 Å². The van der Waals surface area contributed by atoms with E-state index >= 15 is 0 Å². The highest BCUT2D eigenvalue weighted by Crippen LogP contribution is 2.28. The molecule has 0 unspecified atom stereocenters. The Balaban J connectivity index is 2.78. The summed E-state index contributed by atoms with van der Waals surface area (Å²) in [7, 11) is 1.65. The van der Waals surface area contributed by atoms with Gasteiger partial charge in [0.05, 0.1) is 7.11 Å². The predicted octanol–water partition coefficient (Wildman–Crippen LogP) is 2.76. The molecule has 0 radical (unpaired) electrons. The fraction of sp³-hybridized carbons (Fsp3) is 0.429. The van der Waals surface area contributed by atoms with Gasteiger partial charge in [0.25, 0.3) is 0 Å². The van der Waals surface area contributed by atoms with E-state index in [0.717, 1.165) is 30.2 Å². The van der Waals surface area contributed by atoms with Crippen molar-refractivity contribution in [1.82, 2.24) is 5.32 Å². The molecule has 3 nitrogen and oxygen atoms in total. The number of hydrogen-bond acceptors (Lipinski definition) is 3. The van der Waals surface area contributed by atoms with Crippen LogP contribution in [-0.4, -0.2) is 20.3 Å². The highest BCUT2D eigenvalue weighted by Gasteiger charge is 2.05. The SMILES string of the molecule is C=C(C)COc1cc(CNCC)ccc1OC. The lowest BCUT2D eigenvalue weighted by Gasteiger charge is -2.12. The molecular formula is C14H21NO2. The number of hydrogen-bond donors (Lipinski definition) is 1. The van der Waals surface area contributed by atoms with E-state index in [0.29, 0.717) is 6.61 Å². The van der Waals surface area contributed by atoms with Crippen molar-refractivity contribution >= 4 is 0 Å². The Morgan fingerprint density at radius 1 is 1.35 bits per heavy atom. The fourth-order valence-electron chi connectivity index (χ4n) is 1.41. The van der Waals surface area contributed by atoms with Crippen LogP contribution in [0.1, 0.15) is 19.4 Å². The molecule has 0 saturated heterocycles. The van der Waals surface area contributed by atoms with Gasteiger partial charge in [-0.15, -0.1) is 0 Å². The Labute approximate surface area is 103 Å². The van der Waals surface area contributed by atoms with Crippen molar-refractivity contribution in [2.75, 3.05) is 20.3 Å². The van der Waals surface area contributed by atoms with Gasteiger partial charge in [0, 0.05) is 6.54 Å². The first-order valence-corrected chi connectivity index (χ1v) is 5.82. The third-order valence-corrected chi connectivity index (χ3v) is 2.28. The van der Waals surface area contributed by atoms with Crippen LogP contribution in [0.5, 0.6) is 11.5 Å². The largest absolute Gasteiger partial charge is 0.493 e. The monoisotopic (exact) mass is 235 g/mol. The maximum Gasteiger partial charge on any atom is 0.161 e. The summed E-state index contributed by atoms with van der Waals surface area (Å²) in [5.41, 5.74) is 2.17. The van der Waals surface area contributed by atoms with Crippen molar-refractivity contribution < 1.29 is 9.47 Å². The minimum Gasteiger partial charge on any atom is -0.493 e. The van der Waals surface area contributed by atoms with Gasteiger partial charge in [-0.1, -0.05) is 19.6 Å². The third kappa shape index (κ3) is 4.49. The summed E-state index contributed by atoms with van der Waals surface area (Å²) in [6.07, 6.45) is 0. The number of ether oxygens (including phenoxy) is 2. The average Bonchev–Trinajstić information content (AvgIpc) is 2.33. The molecule has 17 heavy (non-hydrogen) atoms. The van der Waals surface area contributed by atoms with Gasteiger partial charge in [0.15, 0.2) is 11.5 Å².